The number of aryl methyl sites for hydroxylation is 1. The van der Waals surface area contributed by atoms with Crippen LogP contribution in [0.2, 0.25) is 0 Å². The third-order valence-electron chi connectivity index (χ3n) is 4.72. The molecule has 0 spiro atoms. The van der Waals surface area contributed by atoms with Crippen molar-refractivity contribution in [1.82, 2.24) is 24.6 Å². The summed E-state index contributed by atoms with van der Waals surface area (Å²) in [6.07, 6.45) is 1.68. The second kappa shape index (κ2) is 6.97. The molecule has 0 amide bonds. The first kappa shape index (κ1) is 17.8. The van der Waals surface area contributed by atoms with Crippen molar-refractivity contribution in [2.75, 3.05) is 5.32 Å². The van der Waals surface area contributed by atoms with E-state index in [0.29, 0.717) is 23.4 Å². The zero-order valence-electron chi connectivity index (χ0n) is 15.4. The fourth-order valence-electron chi connectivity index (χ4n) is 3.35. The third-order valence-corrected chi connectivity index (χ3v) is 5.28. The van der Waals surface area contributed by atoms with Gasteiger partial charge in [0.05, 0.1) is 27.4 Å². The molecule has 6 nitrogen and oxygen atoms in total. The van der Waals surface area contributed by atoms with Crippen LogP contribution in [-0.2, 0) is 6.54 Å². The Hall–Kier alpha value is -3.26. The molecule has 0 saturated carbocycles. The predicted molar refractivity (Wildman–Crippen MR) is 114 cm³/mol. The number of nitrogens with zero attached hydrogens (tertiary/aromatic N) is 4. The molecular formula is C21H16BrFN6. The third kappa shape index (κ3) is 3.25. The van der Waals surface area contributed by atoms with Gasteiger partial charge in [0.2, 0.25) is 0 Å². The maximum Gasteiger partial charge on any atom is 0.172 e. The molecule has 2 N–H and O–H groups in total. The molecule has 0 fully saturated rings. The van der Waals surface area contributed by atoms with Crippen molar-refractivity contribution in [2.45, 2.75) is 13.5 Å². The monoisotopic (exact) mass is 450 g/mol. The molecule has 0 aliphatic rings. The summed E-state index contributed by atoms with van der Waals surface area (Å²) >= 11 is 3.47. The molecule has 8 heteroatoms. The quantitative estimate of drug-likeness (QED) is 0.399. The van der Waals surface area contributed by atoms with Crippen LogP contribution in [0.4, 0.5) is 10.2 Å². The van der Waals surface area contributed by atoms with Crippen LogP contribution in [-0.4, -0.2) is 24.6 Å². The number of fused-ring (bicyclic) bond motifs is 2. The number of benzene rings is 2. The molecule has 5 aromatic rings. The van der Waals surface area contributed by atoms with Gasteiger partial charge >= 0.3 is 0 Å². The van der Waals surface area contributed by atoms with Crippen molar-refractivity contribution >= 4 is 38.4 Å². The van der Waals surface area contributed by atoms with E-state index >= 15 is 0 Å². The second-order valence-corrected chi connectivity index (χ2v) is 7.62. The van der Waals surface area contributed by atoms with Crippen LogP contribution in [0.5, 0.6) is 0 Å². The van der Waals surface area contributed by atoms with E-state index in [9.17, 15) is 4.39 Å². The van der Waals surface area contributed by atoms with E-state index in [1.807, 2.05) is 31.2 Å². The number of H-pyrrole nitrogens is 1. The first-order chi connectivity index (χ1) is 14.1. The molecule has 0 aliphatic carbocycles. The topological polar surface area (TPSA) is 70.9 Å². The van der Waals surface area contributed by atoms with Gasteiger partial charge in [0.1, 0.15) is 17.5 Å². The highest BCUT2D eigenvalue weighted by molar-refractivity contribution is 9.10. The van der Waals surface area contributed by atoms with E-state index < -0.39 is 0 Å². The van der Waals surface area contributed by atoms with Crippen LogP contribution in [0.1, 0.15) is 11.4 Å². The van der Waals surface area contributed by atoms with Crippen molar-refractivity contribution in [3.05, 3.63) is 76.4 Å². The van der Waals surface area contributed by atoms with Crippen molar-refractivity contribution in [1.29, 1.82) is 0 Å². The Labute approximate surface area is 173 Å². The Balaban J connectivity index is 1.53. The van der Waals surface area contributed by atoms with Gasteiger partial charge in [0, 0.05) is 18.2 Å². The lowest BCUT2D eigenvalue weighted by Crippen LogP contribution is -2.07. The standard InChI is InChI=1S/C21H16BrFN6/c1-12-26-17-7-6-13(8-19(17)27-12)10-24-20-9-18(14-4-2-3-5-16(14)23)28-21-15(22)11-25-29(20)21/h2-9,11,24H,10H2,1H3,(H,26,27). The maximum absolute atomic E-state index is 14.3. The molecular weight excluding hydrogens is 435 g/mol. The van der Waals surface area contributed by atoms with Gasteiger partial charge in [-0.3, -0.25) is 0 Å². The number of halogens is 2. The maximum atomic E-state index is 14.3. The van der Waals surface area contributed by atoms with E-state index in [-0.39, 0.29) is 5.82 Å². The number of rotatable bonds is 4. The van der Waals surface area contributed by atoms with Crippen molar-refractivity contribution in [3.8, 4) is 11.3 Å². The van der Waals surface area contributed by atoms with Crippen molar-refractivity contribution in [2.24, 2.45) is 0 Å². The predicted octanol–water partition coefficient (Wildman–Crippen LogP) is 5.09. The summed E-state index contributed by atoms with van der Waals surface area (Å²) in [6.45, 7) is 2.50. The van der Waals surface area contributed by atoms with Crippen LogP contribution in [0.25, 0.3) is 27.9 Å². The number of aromatic nitrogens is 5. The van der Waals surface area contributed by atoms with Gasteiger partial charge in [0.15, 0.2) is 5.65 Å². The summed E-state index contributed by atoms with van der Waals surface area (Å²) in [4.78, 5) is 12.3. The van der Waals surface area contributed by atoms with E-state index in [1.54, 1.807) is 28.9 Å². The van der Waals surface area contributed by atoms with Gasteiger partial charge < -0.3 is 10.3 Å². The van der Waals surface area contributed by atoms with Crippen LogP contribution in [0.3, 0.4) is 0 Å². The average molecular weight is 451 g/mol. The van der Waals surface area contributed by atoms with Gasteiger partial charge in [-0.1, -0.05) is 18.2 Å². The van der Waals surface area contributed by atoms with Crippen LogP contribution in [0, 0.1) is 12.7 Å². The highest BCUT2D eigenvalue weighted by Gasteiger charge is 2.14. The molecule has 2 aromatic carbocycles. The van der Waals surface area contributed by atoms with Crippen LogP contribution in [0.15, 0.2) is 59.2 Å². The molecule has 144 valence electrons. The summed E-state index contributed by atoms with van der Waals surface area (Å²) in [5.41, 5.74) is 4.61. The molecule has 0 unspecified atom stereocenters. The Morgan fingerprint density at radius 2 is 2.00 bits per heavy atom. The molecule has 3 aromatic heterocycles. The number of nitrogens with one attached hydrogen (secondary N) is 2. The average Bonchev–Trinajstić information content (AvgIpc) is 3.28. The summed E-state index contributed by atoms with van der Waals surface area (Å²) in [5.74, 6) is 1.29. The zero-order valence-corrected chi connectivity index (χ0v) is 17.0. The van der Waals surface area contributed by atoms with E-state index in [1.165, 1.54) is 6.07 Å². The molecule has 0 atom stereocenters. The SMILES string of the molecule is Cc1nc2cc(CNc3cc(-c4ccccc4F)nc4c(Br)cnn34)ccc2[nH]1. The summed E-state index contributed by atoms with van der Waals surface area (Å²) < 4.78 is 16.8. The Kier molecular flexibility index (Phi) is 4.28. The lowest BCUT2D eigenvalue weighted by Gasteiger charge is -2.11. The summed E-state index contributed by atoms with van der Waals surface area (Å²) in [6, 6.07) is 14.5. The van der Waals surface area contributed by atoms with Crippen LogP contribution >= 0.6 is 15.9 Å². The lowest BCUT2D eigenvalue weighted by molar-refractivity contribution is 0.630. The molecule has 3 heterocycles. The fraction of sp³-hybridized carbons (Fsp3) is 0.0952. The van der Waals surface area contributed by atoms with Gasteiger partial charge in [-0.05, 0) is 52.7 Å². The highest BCUT2D eigenvalue weighted by Crippen LogP contribution is 2.27. The summed E-state index contributed by atoms with van der Waals surface area (Å²) in [5, 5.41) is 7.77. The zero-order chi connectivity index (χ0) is 20.0. The van der Waals surface area contributed by atoms with Gasteiger partial charge in [0.25, 0.3) is 0 Å². The molecule has 29 heavy (non-hydrogen) atoms. The Bertz CT molecular complexity index is 1360. The smallest absolute Gasteiger partial charge is 0.172 e. The van der Waals surface area contributed by atoms with E-state index in [2.05, 4.69) is 41.3 Å². The number of hydrogen-bond donors (Lipinski definition) is 2. The minimum atomic E-state index is -0.315. The largest absolute Gasteiger partial charge is 0.366 e. The normalized spacial score (nSPS) is 11.4. The molecule has 5 rings (SSSR count). The number of aromatic amines is 1. The lowest BCUT2D eigenvalue weighted by atomic mass is 10.1. The minimum Gasteiger partial charge on any atom is -0.366 e. The van der Waals surface area contributed by atoms with Gasteiger partial charge in [-0.25, -0.2) is 14.4 Å². The van der Waals surface area contributed by atoms with Gasteiger partial charge in [-0.2, -0.15) is 9.61 Å². The highest BCUT2D eigenvalue weighted by atomic mass is 79.9. The summed E-state index contributed by atoms with van der Waals surface area (Å²) in [7, 11) is 0. The molecule has 0 radical (unpaired) electrons. The van der Waals surface area contributed by atoms with Crippen molar-refractivity contribution < 1.29 is 4.39 Å². The first-order valence-electron chi connectivity index (χ1n) is 9.07. The Morgan fingerprint density at radius 3 is 2.86 bits per heavy atom. The Morgan fingerprint density at radius 1 is 1.14 bits per heavy atom. The van der Waals surface area contributed by atoms with E-state index in [4.69, 9.17) is 0 Å². The number of anilines is 1. The molecule has 0 saturated heterocycles. The minimum absolute atomic E-state index is 0.315. The second-order valence-electron chi connectivity index (χ2n) is 6.76. The fourth-order valence-corrected chi connectivity index (χ4v) is 3.70. The van der Waals surface area contributed by atoms with Crippen molar-refractivity contribution in [3.63, 3.8) is 0 Å². The number of hydrogen-bond acceptors (Lipinski definition) is 4. The van der Waals surface area contributed by atoms with E-state index in [0.717, 1.165) is 32.7 Å². The molecule has 0 bridgehead atoms. The number of imidazole rings is 1. The first-order valence-corrected chi connectivity index (χ1v) is 9.86. The van der Waals surface area contributed by atoms with Gasteiger partial charge in [-0.15, -0.1) is 0 Å². The molecule has 0 aliphatic heterocycles. The van der Waals surface area contributed by atoms with Crippen LogP contribution < -0.4 is 5.32 Å².